The maximum Gasteiger partial charge on any atom is 0.573 e. The minimum atomic E-state index is -4.63. The van der Waals surface area contributed by atoms with E-state index in [2.05, 4.69) is 10.8 Å². The van der Waals surface area contributed by atoms with Crippen molar-refractivity contribution in [1.29, 1.82) is 0 Å². The maximum absolute atomic E-state index is 11.6. The average Bonchev–Trinajstić information content (AvgIpc) is 1.82. The SMILES string of the molecule is Cc1cc[c]c(OC(F)(F)F)c1. The van der Waals surface area contributed by atoms with Gasteiger partial charge in [0.15, 0.2) is 0 Å². The van der Waals surface area contributed by atoms with Gasteiger partial charge in [0, 0.05) is 6.07 Å². The monoisotopic (exact) mass is 175 g/mol. The smallest absolute Gasteiger partial charge is 0.405 e. The Hall–Kier alpha value is -1.19. The fourth-order valence-corrected chi connectivity index (χ4v) is 0.735. The lowest BCUT2D eigenvalue weighted by molar-refractivity contribution is -0.274. The minimum absolute atomic E-state index is 0.303. The summed E-state index contributed by atoms with van der Waals surface area (Å²) in [5.74, 6) is -0.303. The highest BCUT2D eigenvalue weighted by molar-refractivity contribution is 5.26. The van der Waals surface area contributed by atoms with Crippen LogP contribution in [0.15, 0.2) is 18.2 Å². The van der Waals surface area contributed by atoms with Crippen LogP contribution in [-0.4, -0.2) is 6.36 Å². The van der Waals surface area contributed by atoms with Crippen molar-refractivity contribution in [2.24, 2.45) is 0 Å². The molecule has 0 atom stereocenters. The van der Waals surface area contributed by atoms with Crippen LogP contribution in [0, 0.1) is 13.0 Å². The van der Waals surface area contributed by atoms with Gasteiger partial charge in [0.2, 0.25) is 0 Å². The molecule has 0 bridgehead atoms. The van der Waals surface area contributed by atoms with Gasteiger partial charge in [-0.2, -0.15) is 0 Å². The van der Waals surface area contributed by atoms with E-state index < -0.39 is 6.36 Å². The molecule has 0 aliphatic heterocycles. The maximum atomic E-state index is 11.6. The predicted molar refractivity (Wildman–Crippen MR) is 36.7 cm³/mol. The highest BCUT2D eigenvalue weighted by Crippen LogP contribution is 2.22. The van der Waals surface area contributed by atoms with Gasteiger partial charge in [-0.3, -0.25) is 0 Å². The van der Waals surface area contributed by atoms with Gasteiger partial charge in [0.1, 0.15) is 5.75 Å². The van der Waals surface area contributed by atoms with Gasteiger partial charge in [0.25, 0.3) is 0 Å². The van der Waals surface area contributed by atoms with E-state index in [0.29, 0.717) is 5.56 Å². The van der Waals surface area contributed by atoms with Crippen molar-refractivity contribution < 1.29 is 17.9 Å². The fourth-order valence-electron chi connectivity index (χ4n) is 0.735. The summed E-state index contributed by atoms with van der Waals surface area (Å²) in [5, 5.41) is 0. The molecule has 0 saturated carbocycles. The summed E-state index contributed by atoms with van der Waals surface area (Å²) in [6.07, 6.45) is -4.63. The Morgan fingerprint density at radius 3 is 2.58 bits per heavy atom. The number of ether oxygens (including phenoxy) is 1. The van der Waals surface area contributed by atoms with Gasteiger partial charge in [-0.1, -0.05) is 12.1 Å². The van der Waals surface area contributed by atoms with Crippen molar-refractivity contribution >= 4 is 0 Å². The van der Waals surface area contributed by atoms with Crippen LogP contribution in [0.1, 0.15) is 5.56 Å². The molecule has 4 heteroatoms. The quantitative estimate of drug-likeness (QED) is 0.637. The van der Waals surface area contributed by atoms with Crippen molar-refractivity contribution in [3.05, 3.63) is 29.8 Å². The molecule has 0 aliphatic rings. The highest BCUT2D eigenvalue weighted by atomic mass is 19.4. The molecule has 0 saturated heterocycles. The molecule has 1 rings (SSSR count). The molecular weight excluding hydrogens is 169 g/mol. The second kappa shape index (κ2) is 3.05. The number of rotatable bonds is 1. The standard InChI is InChI=1S/C8H6F3O/c1-6-3-2-4-7(5-6)12-8(9,10)11/h2-3,5H,1H3. The van der Waals surface area contributed by atoms with E-state index in [1.54, 1.807) is 13.0 Å². The highest BCUT2D eigenvalue weighted by Gasteiger charge is 2.31. The average molecular weight is 175 g/mol. The van der Waals surface area contributed by atoms with E-state index in [-0.39, 0.29) is 5.75 Å². The second-order valence-electron chi connectivity index (χ2n) is 2.28. The Labute approximate surface area is 67.8 Å². The van der Waals surface area contributed by atoms with Gasteiger partial charge in [0.05, 0.1) is 0 Å². The third-order valence-electron chi connectivity index (χ3n) is 1.16. The zero-order valence-corrected chi connectivity index (χ0v) is 6.27. The molecule has 1 aromatic rings. The van der Waals surface area contributed by atoms with Crippen LogP contribution in [0.3, 0.4) is 0 Å². The summed E-state index contributed by atoms with van der Waals surface area (Å²) in [6, 6.07) is 6.62. The van der Waals surface area contributed by atoms with E-state index >= 15 is 0 Å². The number of benzene rings is 1. The van der Waals surface area contributed by atoms with E-state index in [0.717, 1.165) is 0 Å². The summed E-state index contributed by atoms with van der Waals surface area (Å²) in [5.41, 5.74) is 0.702. The first-order valence-electron chi connectivity index (χ1n) is 3.21. The zero-order chi connectivity index (χ0) is 9.19. The Morgan fingerprint density at radius 1 is 1.42 bits per heavy atom. The Bertz CT molecular complexity index is 267. The van der Waals surface area contributed by atoms with Crippen LogP contribution in [-0.2, 0) is 0 Å². The van der Waals surface area contributed by atoms with Gasteiger partial charge in [-0.05, 0) is 18.6 Å². The molecule has 1 nitrogen and oxygen atoms in total. The van der Waals surface area contributed by atoms with Crippen molar-refractivity contribution in [2.75, 3.05) is 0 Å². The summed E-state index contributed by atoms with van der Waals surface area (Å²) in [4.78, 5) is 0. The van der Waals surface area contributed by atoms with Crippen LogP contribution in [0.2, 0.25) is 0 Å². The molecule has 12 heavy (non-hydrogen) atoms. The molecule has 65 valence electrons. The van der Waals surface area contributed by atoms with Crippen LogP contribution in [0.4, 0.5) is 13.2 Å². The van der Waals surface area contributed by atoms with Crippen LogP contribution in [0.25, 0.3) is 0 Å². The van der Waals surface area contributed by atoms with E-state index in [4.69, 9.17) is 0 Å². The van der Waals surface area contributed by atoms with Crippen molar-refractivity contribution in [3.63, 3.8) is 0 Å². The van der Waals surface area contributed by atoms with Crippen LogP contribution in [0.5, 0.6) is 5.75 Å². The van der Waals surface area contributed by atoms with Crippen molar-refractivity contribution in [3.8, 4) is 5.75 Å². The molecule has 0 unspecified atom stereocenters. The first-order chi connectivity index (χ1) is 5.47. The molecular formula is C8H6F3O. The number of aryl methyl sites for hydroxylation is 1. The summed E-state index contributed by atoms with van der Waals surface area (Å²) < 4.78 is 38.5. The molecule has 0 spiro atoms. The molecule has 0 amide bonds. The fraction of sp³-hybridized carbons (Fsp3) is 0.250. The first kappa shape index (κ1) is 8.90. The van der Waals surface area contributed by atoms with E-state index in [1.807, 2.05) is 0 Å². The van der Waals surface area contributed by atoms with Crippen LogP contribution >= 0.6 is 0 Å². The third kappa shape index (κ3) is 2.82. The lowest BCUT2D eigenvalue weighted by atomic mass is 10.2. The lowest BCUT2D eigenvalue weighted by Gasteiger charge is -2.07. The number of hydrogen-bond acceptors (Lipinski definition) is 1. The number of hydrogen-bond donors (Lipinski definition) is 0. The normalized spacial score (nSPS) is 11.3. The summed E-state index contributed by atoms with van der Waals surface area (Å²) >= 11 is 0. The predicted octanol–water partition coefficient (Wildman–Crippen LogP) is 2.69. The molecule has 1 aromatic carbocycles. The molecule has 0 aromatic heterocycles. The number of halogens is 3. The number of alkyl halides is 3. The Balaban J connectivity index is 2.77. The topological polar surface area (TPSA) is 9.23 Å². The summed E-state index contributed by atoms with van der Waals surface area (Å²) in [7, 11) is 0. The van der Waals surface area contributed by atoms with E-state index in [1.165, 1.54) is 12.1 Å². The second-order valence-corrected chi connectivity index (χ2v) is 2.28. The van der Waals surface area contributed by atoms with Crippen LogP contribution < -0.4 is 4.74 Å². The summed E-state index contributed by atoms with van der Waals surface area (Å²) in [6.45, 7) is 1.68. The van der Waals surface area contributed by atoms with Gasteiger partial charge >= 0.3 is 6.36 Å². The largest absolute Gasteiger partial charge is 0.573 e. The lowest BCUT2D eigenvalue weighted by Crippen LogP contribution is -2.17. The molecule has 0 aliphatic carbocycles. The van der Waals surface area contributed by atoms with E-state index in [9.17, 15) is 13.2 Å². The Morgan fingerprint density at radius 2 is 2.08 bits per heavy atom. The first-order valence-corrected chi connectivity index (χ1v) is 3.21. The third-order valence-corrected chi connectivity index (χ3v) is 1.16. The Kier molecular flexibility index (Phi) is 2.26. The molecule has 0 N–H and O–H groups in total. The van der Waals surface area contributed by atoms with Gasteiger partial charge in [-0.15, -0.1) is 13.2 Å². The zero-order valence-electron chi connectivity index (χ0n) is 6.27. The molecule has 0 fully saturated rings. The van der Waals surface area contributed by atoms with Gasteiger partial charge in [-0.25, -0.2) is 0 Å². The minimum Gasteiger partial charge on any atom is -0.405 e. The van der Waals surface area contributed by atoms with Gasteiger partial charge < -0.3 is 4.74 Å². The molecule has 1 radical (unpaired) electrons. The van der Waals surface area contributed by atoms with Crippen molar-refractivity contribution in [1.82, 2.24) is 0 Å². The van der Waals surface area contributed by atoms with Crippen molar-refractivity contribution in [2.45, 2.75) is 13.3 Å². The molecule has 0 heterocycles.